The molecule has 1 saturated heterocycles. The third kappa shape index (κ3) is 5.01. The second-order valence-electron chi connectivity index (χ2n) is 5.20. The first-order valence-electron chi connectivity index (χ1n) is 6.68. The van der Waals surface area contributed by atoms with Gasteiger partial charge in [0.1, 0.15) is 4.99 Å². The van der Waals surface area contributed by atoms with Gasteiger partial charge in [0.05, 0.1) is 5.75 Å². The van der Waals surface area contributed by atoms with E-state index in [4.69, 9.17) is 18.0 Å². The average Bonchev–Trinajstić information content (AvgIpc) is 2.41. The molecule has 0 radical (unpaired) electrons. The molecule has 1 fully saturated rings. The molecule has 6 nitrogen and oxygen atoms in total. The van der Waals surface area contributed by atoms with Crippen molar-refractivity contribution in [1.82, 2.24) is 14.7 Å². The van der Waals surface area contributed by atoms with E-state index in [0.717, 1.165) is 18.7 Å². The Labute approximate surface area is 130 Å². The van der Waals surface area contributed by atoms with Crippen LogP contribution in [0.5, 0.6) is 0 Å². The van der Waals surface area contributed by atoms with Crippen LogP contribution in [0.1, 0.15) is 11.1 Å². The molecular weight excluding hydrogens is 308 g/mol. The Hall–Kier alpha value is -1.06. The second kappa shape index (κ2) is 6.80. The minimum atomic E-state index is -3.39. The van der Waals surface area contributed by atoms with Crippen molar-refractivity contribution < 1.29 is 8.42 Å². The van der Waals surface area contributed by atoms with Gasteiger partial charge in [-0.1, -0.05) is 36.5 Å². The number of sulfonamides is 1. The van der Waals surface area contributed by atoms with Crippen molar-refractivity contribution in [3.63, 3.8) is 0 Å². The van der Waals surface area contributed by atoms with Gasteiger partial charge < -0.3 is 10.6 Å². The van der Waals surface area contributed by atoms with E-state index in [9.17, 15) is 8.42 Å². The van der Waals surface area contributed by atoms with Gasteiger partial charge in [-0.3, -0.25) is 0 Å². The fourth-order valence-electron chi connectivity index (χ4n) is 2.11. The first-order chi connectivity index (χ1) is 9.85. The number of nitrogens with one attached hydrogen (secondary N) is 1. The largest absolute Gasteiger partial charge is 0.389 e. The van der Waals surface area contributed by atoms with Crippen molar-refractivity contribution in [2.24, 2.45) is 5.73 Å². The van der Waals surface area contributed by atoms with E-state index in [2.05, 4.69) is 9.73 Å². The van der Waals surface area contributed by atoms with E-state index in [1.165, 1.54) is 0 Å². The van der Waals surface area contributed by atoms with Gasteiger partial charge in [0.25, 0.3) is 0 Å². The highest BCUT2D eigenvalue weighted by atomic mass is 32.2. The number of thiocarbonyl (C=S) groups is 1. The standard InChI is InChI=1S/C13H20N4O2S2/c1-16-6-8-17(9-7-16)15-21(18,19)10-11-2-4-12(5-3-11)13(14)20/h2-5,15H,6-10H2,1H3,(H2,14,20). The smallest absolute Gasteiger partial charge is 0.228 e. The van der Waals surface area contributed by atoms with Gasteiger partial charge in [0, 0.05) is 31.7 Å². The summed E-state index contributed by atoms with van der Waals surface area (Å²) in [6.45, 7) is 3.09. The molecule has 1 heterocycles. The van der Waals surface area contributed by atoms with Gasteiger partial charge in [0.2, 0.25) is 10.0 Å². The molecule has 0 spiro atoms. The van der Waals surface area contributed by atoms with Crippen LogP contribution in [-0.2, 0) is 15.8 Å². The molecule has 8 heteroatoms. The second-order valence-corrected chi connectivity index (χ2v) is 7.34. The Balaban J connectivity index is 1.95. The maximum atomic E-state index is 12.2. The Bertz CT molecular complexity index is 593. The molecular formula is C13H20N4O2S2. The van der Waals surface area contributed by atoms with E-state index < -0.39 is 10.0 Å². The number of nitrogens with zero attached hydrogens (tertiary/aromatic N) is 2. The summed E-state index contributed by atoms with van der Waals surface area (Å²) < 4.78 is 24.3. The van der Waals surface area contributed by atoms with E-state index in [1.54, 1.807) is 29.3 Å². The lowest BCUT2D eigenvalue weighted by Gasteiger charge is -2.32. The highest BCUT2D eigenvalue weighted by molar-refractivity contribution is 7.88. The number of hydrazine groups is 1. The molecule has 0 aromatic heterocycles. The van der Waals surface area contributed by atoms with Crippen LogP contribution in [0.25, 0.3) is 0 Å². The number of hydrogen-bond acceptors (Lipinski definition) is 5. The molecule has 0 amide bonds. The summed E-state index contributed by atoms with van der Waals surface area (Å²) >= 11 is 4.87. The summed E-state index contributed by atoms with van der Waals surface area (Å²) in [6.07, 6.45) is 0. The topological polar surface area (TPSA) is 78.7 Å². The van der Waals surface area contributed by atoms with E-state index >= 15 is 0 Å². The molecule has 1 aromatic rings. The van der Waals surface area contributed by atoms with Crippen molar-refractivity contribution in [2.45, 2.75) is 5.75 Å². The fourth-order valence-corrected chi connectivity index (χ4v) is 3.52. The summed E-state index contributed by atoms with van der Waals surface area (Å²) in [5.41, 5.74) is 6.96. The normalized spacial score (nSPS) is 17.8. The number of likely N-dealkylation sites (N-methyl/N-ethyl adjacent to an activating group) is 1. The Morgan fingerprint density at radius 2 is 1.81 bits per heavy atom. The van der Waals surface area contributed by atoms with Crippen LogP contribution in [0.3, 0.4) is 0 Å². The summed E-state index contributed by atoms with van der Waals surface area (Å²) in [5, 5.41) is 1.75. The van der Waals surface area contributed by atoms with Gasteiger partial charge in [-0.05, 0) is 12.6 Å². The Morgan fingerprint density at radius 3 is 2.33 bits per heavy atom. The van der Waals surface area contributed by atoms with Crippen LogP contribution in [0.4, 0.5) is 0 Å². The molecule has 21 heavy (non-hydrogen) atoms. The maximum Gasteiger partial charge on any atom is 0.228 e. The van der Waals surface area contributed by atoms with Gasteiger partial charge in [-0.25, -0.2) is 13.4 Å². The van der Waals surface area contributed by atoms with Crippen molar-refractivity contribution >= 4 is 27.2 Å². The molecule has 0 unspecified atom stereocenters. The lowest BCUT2D eigenvalue weighted by molar-refractivity contribution is 0.134. The predicted molar refractivity (Wildman–Crippen MR) is 87.2 cm³/mol. The fraction of sp³-hybridized carbons (Fsp3) is 0.462. The molecule has 1 aliphatic heterocycles. The molecule has 3 N–H and O–H groups in total. The van der Waals surface area contributed by atoms with Crippen LogP contribution >= 0.6 is 12.2 Å². The quantitative estimate of drug-likeness (QED) is 0.735. The van der Waals surface area contributed by atoms with Crippen LogP contribution in [-0.4, -0.2) is 56.5 Å². The number of benzene rings is 1. The number of piperazine rings is 1. The van der Waals surface area contributed by atoms with Crippen LogP contribution in [0, 0.1) is 0 Å². The highest BCUT2D eigenvalue weighted by Gasteiger charge is 2.20. The SMILES string of the molecule is CN1CCN(NS(=O)(=O)Cc2ccc(C(N)=S)cc2)CC1. The van der Waals surface area contributed by atoms with Crippen LogP contribution in [0.15, 0.2) is 24.3 Å². The zero-order chi connectivity index (χ0) is 15.5. The van der Waals surface area contributed by atoms with Gasteiger partial charge in [-0.2, -0.15) is 0 Å². The minimum Gasteiger partial charge on any atom is -0.389 e. The molecule has 2 rings (SSSR count). The summed E-state index contributed by atoms with van der Waals surface area (Å²) in [6, 6.07) is 6.95. The van der Waals surface area contributed by atoms with E-state index in [-0.39, 0.29) is 5.75 Å². The van der Waals surface area contributed by atoms with Crippen LogP contribution in [0.2, 0.25) is 0 Å². The number of nitrogens with two attached hydrogens (primary N) is 1. The lowest BCUT2D eigenvalue weighted by atomic mass is 10.1. The Morgan fingerprint density at radius 1 is 1.24 bits per heavy atom. The third-order valence-corrected chi connectivity index (χ3v) is 4.85. The van der Waals surface area contributed by atoms with Gasteiger partial charge >= 0.3 is 0 Å². The first-order valence-corrected chi connectivity index (χ1v) is 8.74. The third-order valence-electron chi connectivity index (χ3n) is 3.37. The monoisotopic (exact) mass is 328 g/mol. The highest BCUT2D eigenvalue weighted by Crippen LogP contribution is 2.09. The molecule has 1 aliphatic rings. The minimum absolute atomic E-state index is 0.0586. The molecule has 0 atom stereocenters. The maximum absolute atomic E-state index is 12.2. The van der Waals surface area contributed by atoms with E-state index in [0.29, 0.717) is 23.6 Å². The molecule has 1 aromatic carbocycles. The number of rotatable bonds is 5. The Kier molecular flexibility index (Phi) is 5.28. The van der Waals surface area contributed by atoms with Gasteiger partial charge in [0.15, 0.2) is 0 Å². The van der Waals surface area contributed by atoms with E-state index in [1.807, 2.05) is 7.05 Å². The first kappa shape index (κ1) is 16.3. The average molecular weight is 328 g/mol. The predicted octanol–water partition coefficient (Wildman–Crippen LogP) is -0.0974. The van der Waals surface area contributed by atoms with Gasteiger partial charge in [-0.15, -0.1) is 4.83 Å². The number of hydrogen-bond donors (Lipinski definition) is 2. The molecule has 116 valence electrons. The molecule has 0 bridgehead atoms. The summed E-state index contributed by atoms with van der Waals surface area (Å²) in [4.78, 5) is 5.10. The van der Waals surface area contributed by atoms with Crippen molar-refractivity contribution in [1.29, 1.82) is 0 Å². The zero-order valence-electron chi connectivity index (χ0n) is 11.9. The molecule has 0 aliphatic carbocycles. The summed E-state index contributed by atoms with van der Waals surface area (Å²) in [7, 11) is -1.37. The van der Waals surface area contributed by atoms with Crippen LogP contribution < -0.4 is 10.6 Å². The van der Waals surface area contributed by atoms with Crippen molar-refractivity contribution in [3.8, 4) is 0 Å². The zero-order valence-corrected chi connectivity index (χ0v) is 13.6. The van der Waals surface area contributed by atoms with Crippen molar-refractivity contribution in [3.05, 3.63) is 35.4 Å². The molecule has 0 saturated carbocycles. The summed E-state index contributed by atoms with van der Waals surface area (Å²) in [5.74, 6) is -0.0586. The van der Waals surface area contributed by atoms with Crippen molar-refractivity contribution in [2.75, 3.05) is 33.2 Å². The lowest BCUT2D eigenvalue weighted by Crippen LogP contribution is -2.52.